The molecule has 0 aliphatic carbocycles. The summed E-state index contributed by atoms with van der Waals surface area (Å²) in [7, 11) is 1.53. The molecule has 2 atom stereocenters. The highest BCUT2D eigenvalue weighted by molar-refractivity contribution is 5.82. The quantitative estimate of drug-likeness (QED) is 0.581. The number of amides is 1. The minimum absolute atomic E-state index is 0.0610. The van der Waals surface area contributed by atoms with Gasteiger partial charge in [0, 0.05) is 13.7 Å². The number of nitrogens with one attached hydrogen (secondary N) is 2. The maximum Gasteiger partial charge on any atom is 0.287 e. The summed E-state index contributed by atoms with van der Waals surface area (Å²) in [5, 5.41) is 13.3. The van der Waals surface area contributed by atoms with Crippen molar-refractivity contribution in [1.29, 1.82) is 0 Å². The molecule has 3 N–H and O–H groups in total. The third-order valence-corrected chi connectivity index (χ3v) is 2.49. The van der Waals surface area contributed by atoms with E-state index in [1.54, 1.807) is 0 Å². The summed E-state index contributed by atoms with van der Waals surface area (Å²) >= 11 is 0. The van der Waals surface area contributed by atoms with E-state index in [-0.39, 0.29) is 6.10 Å². The lowest BCUT2D eigenvalue weighted by molar-refractivity contribution is -0.125. The van der Waals surface area contributed by atoms with E-state index < -0.39 is 31.0 Å². The van der Waals surface area contributed by atoms with Crippen LogP contribution in [0.5, 0.6) is 0 Å². The third-order valence-electron chi connectivity index (χ3n) is 2.49. The van der Waals surface area contributed by atoms with Crippen molar-refractivity contribution in [3.05, 3.63) is 0 Å². The number of aliphatic hydroxyl groups is 1. The Hall–Kier alpha value is -0.790. The zero-order valence-corrected chi connectivity index (χ0v) is 9.00. The number of methoxy groups -OCH3 is 1. The van der Waals surface area contributed by atoms with Crippen LogP contribution < -0.4 is 10.6 Å². The normalized spacial score (nSPS) is 25.8. The van der Waals surface area contributed by atoms with Crippen molar-refractivity contribution in [1.82, 2.24) is 10.6 Å². The summed E-state index contributed by atoms with van der Waals surface area (Å²) in [6.45, 7) is -1.59. The van der Waals surface area contributed by atoms with E-state index in [9.17, 15) is 13.6 Å². The molecule has 0 aromatic heterocycles. The second kappa shape index (κ2) is 5.51. The number of carbonyl (C=O) groups excluding carboxylic acids is 1. The van der Waals surface area contributed by atoms with E-state index in [1.807, 2.05) is 0 Å². The van der Waals surface area contributed by atoms with Crippen LogP contribution in [-0.4, -0.2) is 55.9 Å². The molecule has 0 aromatic carbocycles. The van der Waals surface area contributed by atoms with Crippen LogP contribution in [0, 0.1) is 0 Å². The van der Waals surface area contributed by atoms with Crippen LogP contribution in [0.15, 0.2) is 0 Å². The molecule has 1 saturated heterocycles. The van der Waals surface area contributed by atoms with Crippen molar-refractivity contribution in [2.24, 2.45) is 0 Å². The predicted octanol–water partition coefficient (Wildman–Crippen LogP) is -0.893. The van der Waals surface area contributed by atoms with Gasteiger partial charge in [-0.15, -0.1) is 0 Å². The Morgan fingerprint density at radius 1 is 1.69 bits per heavy atom. The smallest absolute Gasteiger partial charge is 0.287 e. The molecule has 1 aliphatic heterocycles. The van der Waals surface area contributed by atoms with Gasteiger partial charge < -0.3 is 20.5 Å². The van der Waals surface area contributed by atoms with E-state index in [1.165, 1.54) is 7.11 Å². The molecule has 0 bridgehead atoms. The van der Waals surface area contributed by atoms with Gasteiger partial charge in [-0.1, -0.05) is 0 Å². The molecule has 94 valence electrons. The molecular formula is C9H16F2N2O3. The van der Waals surface area contributed by atoms with Crippen LogP contribution in [0.4, 0.5) is 8.78 Å². The number of alkyl halides is 2. The zero-order valence-electron chi connectivity index (χ0n) is 9.00. The van der Waals surface area contributed by atoms with Gasteiger partial charge in [0.25, 0.3) is 5.92 Å². The molecule has 1 amide bonds. The van der Waals surface area contributed by atoms with E-state index in [0.29, 0.717) is 13.0 Å². The molecule has 1 heterocycles. The summed E-state index contributed by atoms with van der Waals surface area (Å²) in [4.78, 5) is 11.4. The molecule has 0 saturated carbocycles. The van der Waals surface area contributed by atoms with Crippen LogP contribution in [0.1, 0.15) is 6.42 Å². The molecule has 2 unspecified atom stereocenters. The Bertz CT molecular complexity index is 251. The maximum atomic E-state index is 12.6. The van der Waals surface area contributed by atoms with Crippen molar-refractivity contribution in [3.8, 4) is 0 Å². The van der Waals surface area contributed by atoms with Crippen LogP contribution >= 0.6 is 0 Å². The minimum atomic E-state index is -3.27. The molecule has 7 heteroatoms. The molecule has 1 aliphatic rings. The van der Waals surface area contributed by atoms with Gasteiger partial charge in [0.2, 0.25) is 5.91 Å². The summed E-state index contributed by atoms with van der Waals surface area (Å²) < 4.78 is 30.3. The Balaban J connectivity index is 2.31. The number of hydrogen-bond donors (Lipinski definition) is 3. The fraction of sp³-hybridized carbons (Fsp3) is 0.889. The molecule has 1 rings (SSSR count). The number of aliphatic hydroxyl groups excluding tert-OH is 1. The van der Waals surface area contributed by atoms with Crippen LogP contribution in [0.3, 0.4) is 0 Å². The van der Waals surface area contributed by atoms with Crippen molar-refractivity contribution < 1.29 is 23.4 Å². The molecule has 16 heavy (non-hydrogen) atoms. The first-order valence-electron chi connectivity index (χ1n) is 5.01. The second-order valence-electron chi connectivity index (χ2n) is 3.79. The summed E-state index contributed by atoms with van der Waals surface area (Å²) in [6.07, 6.45) is 0.404. The second-order valence-corrected chi connectivity index (χ2v) is 3.79. The highest BCUT2D eigenvalue weighted by atomic mass is 19.3. The third kappa shape index (κ3) is 3.66. The number of rotatable bonds is 5. The van der Waals surface area contributed by atoms with Gasteiger partial charge >= 0.3 is 0 Å². The molecule has 5 nitrogen and oxygen atoms in total. The molecule has 0 radical (unpaired) electrons. The van der Waals surface area contributed by atoms with Crippen LogP contribution in [0.25, 0.3) is 0 Å². The molecule has 1 fully saturated rings. The van der Waals surface area contributed by atoms with E-state index in [4.69, 9.17) is 9.84 Å². The van der Waals surface area contributed by atoms with Gasteiger partial charge in [-0.05, 0) is 6.42 Å². The first kappa shape index (κ1) is 13.3. The molecule has 0 spiro atoms. The summed E-state index contributed by atoms with van der Waals surface area (Å²) in [5.74, 6) is -3.76. The zero-order chi connectivity index (χ0) is 12.2. The maximum absolute atomic E-state index is 12.6. The number of ether oxygens (including phenoxy) is 1. The highest BCUT2D eigenvalue weighted by Crippen LogP contribution is 2.12. The van der Waals surface area contributed by atoms with Gasteiger partial charge in [0.05, 0.1) is 18.7 Å². The Kier molecular flexibility index (Phi) is 4.57. The summed E-state index contributed by atoms with van der Waals surface area (Å²) in [6, 6.07) is -0.501. The lowest BCUT2D eigenvalue weighted by Gasteiger charge is -2.16. The Morgan fingerprint density at radius 2 is 2.38 bits per heavy atom. The fourth-order valence-corrected chi connectivity index (χ4v) is 1.48. The van der Waals surface area contributed by atoms with Crippen molar-refractivity contribution >= 4 is 5.91 Å². The van der Waals surface area contributed by atoms with Crippen LogP contribution in [-0.2, 0) is 9.53 Å². The number of carbonyl (C=O) groups is 1. The molecular weight excluding hydrogens is 222 g/mol. The van der Waals surface area contributed by atoms with Gasteiger partial charge in [-0.2, -0.15) is 0 Å². The monoisotopic (exact) mass is 238 g/mol. The topological polar surface area (TPSA) is 70.6 Å². The molecule has 0 aromatic rings. The average Bonchev–Trinajstić information content (AvgIpc) is 2.74. The van der Waals surface area contributed by atoms with Gasteiger partial charge in [0.15, 0.2) is 0 Å². The minimum Gasteiger partial charge on any atom is -0.390 e. The van der Waals surface area contributed by atoms with Crippen molar-refractivity contribution in [3.63, 3.8) is 0 Å². The van der Waals surface area contributed by atoms with Gasteiger partial charge in [-0.25, -0.2) is 8.78 Å². The van der Waals surface area contributed by atoms with Crippen molar-refractivity contribution in [2.45, 2.75) is 24.5 Å². The van der Waals surface area contributed by atoms with Gasteiger partial charge in [0.1, 0.15) is 6.61 Å². The Morgan fingerprint density at radius 3 is 2.88 bits per heavy atom. The number of halogens is 2. The highest BCUT2D eigenvalue weighted by Gasteiger charge is 2.32. The largest absolute Gasteiger partial charge is 0.390 e. The lowest BCUT2D eigenvalue weighted by Crippen LogP contribution is -2.46. The summed E-state index contributed by atoms with van der Waals surface area (Å²) in [5.41, 5.74) is 0. The van der Waals surface area contributed by atoms with Gasteiger partial charge in [-0.3, -0.25) is 4.79 Å². The SMILES string of the molecule is COC1CNC(C(=O)NCC(F)(F)CO)C1. The standard InChI is InChI=1S/C9H16F2N2O3/c1-16-6-2-7(12-3-6)8(15)13-4-9(10,11)5-14/h6-7,12,14H,2-5H2,1H3,(H,13,15). The lowest BCUT2D eigenvalue weighted by atomic mass is 10.2. The van der Waals surface area contributed by atoms with E-state index in [0.717, 1.165) is 0 Å². The Labute approximate surface area is 92.2 Å². The van der Waals surface area contributed by atoms with Crippen LogP contribution in [0.2, 0.25) is 0 Å². The number of hydrogen-bond acceptors (Lipinski definition) is 4. The fourth-order valence-electron chi connectivity index (χ4n) is 1.48. The van der Waals surface area contributed by atoms with Crippen molar-refractivity contribution in [2.75, 3.05) is 26.8 Å². The first-order chi connectivity index (χ1) is 7.48. The first-order valence-corrected chi connectivity index (χ1v) is 5.01. The predicted molar refractivity (Wildman–Crippen MR) is 52.2 cm³/mol. The van der Waals surface area contributed by atoms with E-state index in [2.05, 4.69) is 10.6 Å². The average molecular weight is 238 g/mol. The van der Waals surface area contributed by atoms with E-state index >= 15 is 0 Å².